The summed E-state index contributed by atoms with van der Waals surface area (Å²) in [5.41, 5.74) is 5.98. The standard InChI is InChI=1S/C27H35BrN4O3/c1-2-35-27(33)32-11-9-22-23-17-21(28)7-8-24(23)30-25(22)26(32)20-5-3-19(4-6-20)18-29-10-12-31-13-15-34-16-14-31/h3-8,17,26-27,29-30,33H,2,9-16,18H2,1H3. The van der Waals surface area contributed by atoms with E-state index in [4.69, 9.17) is 9.47 Å². The lowest BCUT2D eigenvalue weighted by molar-refractivity contribution is -0.202. The number of aromatic amines is 1. The molecule has 0 amide bonds. The van der Waals surface area contributed by atoms with E-state index in [-0.39, 0.29) is 6.04 Å². The quantitative estimate of drug-likeness (QED) is 0.283. The number of morpholine rings is 1. The van der Waals surface area contributed by atoms with Gasteiger partial charge in [-0.2, -0.15) is 0 Å². The summed E-state index contributed by atoms with van der Waals surface area (Å²) in [5, 5.41) is 15.6. The van der Waals surface area contributed by atoms with E-state index in [2.05, 4.69) is 73.6 Å². The zero-order valence-corrected chi connectivity index (χ0v) is 21.9. The molecule has 7 nitrogen and oxygen atoms in total. The fourth-order valence-electron chi connectivity index (χ4n) is 5.23. The predicted molar refractivity (Wildman–Crippen MR) is 141 cm³/mol. The maximum absolute atomic E-state index is 10.8. The maximum Gasteiger partial charge on any atom is 0.216 e. The van der Waals surface area contributed by atoms with Gasteiger partial charge in [0.1, 0.15) is 0 Å². The molecule has 2 aromatic carbocycles. The molecule has 1 saturated heterocycles. The van der Waals surface area contributed by atoms with Crippen LogP contribution in [0.25, 0.3) is 10.9 Å². The molecule has 0 radical (unpaired) electrons. The Morgan fingerprint density at radius 2 is 1.97 bits per heavy atom. The second kappa shape index (κ2) is 11.5. The number of benzene rings is 2. The minimum absolute atomic E-state index is 0.102. The van der Waals surface area contributed by atoms with Crippen LogP contribution in [0.5, 0.6) is 0 Å². The molecule has 0 bridgehead atoms. The lowest BCUT2D eigenvalue weighted by atomic mass is 9.92. The topological polar surface area (TPSA) is 73.0 Å². The zero-order chi connectivity index (χ0) is 24.2. The Morgan fingerprint density at radius 1 is 1.17 bits per heavy atom. The smallest absolute Gasteiger partial charge is 0.216 e. The third-order valence-electron chi connectivity index (χ3n) is 7.06. The summed E-state index contributed by atoms with van der Waals surface area (Å²) in [6.07, 6.45) is -0.0878. The number of halogens is 1. The van der Waals surface area contributed by atoms with Crippen LogP contribution >= 0.6 is 15.9 Å². The summed E-state index contributed by atoms with van der Waals surface area (Å²) in [6, 6.07) is 15.0. The van der Waals surface area contributed by atoms with E-state index < -0.39 is 6.41 Å². The zero-order valence-electron chi connectivity index (χ0n) is 20.3. The summed E-state index contributed by atoms with van der Waals surface area (Å²) < 4.78 is 12.1. The number of nitrogens with zero attached hydrogens (tertiary/aromatic N) is 2. The predicted octanol–water partition coefficient (Wildman–Crippen LogP) is 3.61. The van der Waals surface area contributed by atoms with E-state index >= 15 is 0 Å². The third-order valence-corrected chi connectivity index (χ3v) is 7.55. The van der Waals surface area contributed by atoms with Crippen molar-refractivity contribution in [3.05, 3.63) is 69.3 Å². The van der Waals surface area contributed by atoms with Gasteiger partial charge < -0.3 is 24.9 Å². The molecule has 3 N–H and O–H groups in total. The SMILES string of the molecule is CCOC(O)N1CCc2c([nH]c3ccc(Br)cc23)C1c1ccc(CNCCN2CCOCC2)cc1. The van der Waals surface area contributed by atoms with E-state index in [1.807, 2.05) is 11.8 Å². The Balaban J connectivity index is 1.33. The highest BCUT2D eigenvalue weighted by atomic mass is 79.9. The molecule has 1 aromatic heterocycles. The van der Waals surface area contributed by atoms with Crippen LogP contribution in [-0.4, -0.2) is 78.8 Å². The number of aromatic nitrogens is 1. The number of aliphatic hydroxyl groups excluding tert-OH is 1. The van der Waals surface area contributed by atoms with Gasteiger partial charge in [0.05, 0.1) is 19.3 Å². The Hall–Kier alpha value is -1.78. The highest BCUT2D eigenvalue weighted by Gasteiger charge is 2.35. The van der Waals surface area contributed by atoms with Gasteiger partial charge in [0.25, 0.3) is 0 Å². The largest absolute Gasteiger partial charge is 0.379 e. The monoisotopic (exact) mass is 542 g/mol. The van der Waals surface area contributed by atoms with E-state index in [0.717, 1.165) is 80.1 Å². The van der Waals surface area contributed by atoms with Crippen molar-refractivity contribution in [1.29, 1.82) is 0 Å². The first-order valence-corrected chi connectivity index (χ1v) is 13.4. The second-order valence-electron chi connectivity index (χ2n) is 9.25. The van der Waals surface area contributed by atoms with Crippen LogP contribution < -0.4 is 5.32 Å². The van der Waals surface area contributed by atoms with E-state index in [1.54, 1.807) is 0 Å². The number of rotatable bonds is 9. The van der Waals surface area contributed by atoms with Crippen LogP contribution in [0.1, 0.15) is 35.3 Å². The van der Waals surface area contributed by atoms with Gasteiger partial charge in [0.2, 0.25) is 6.41 Å². The first-order valence-electron chi connectivity index (χ1n) is 12.6. The molecule has 8 heteroatoms. The number of ether oxygens (including phenoxy) is 2. The molecule has 2 aliphatic heterocycles. The molecule has 3 aromatic rings. The van der Waals surface area contributed by atoms with Crippen LogP contribution in [-0.2, 0) is 22.4 Å². The summed E-state index contributed by atoms with van der Waals surface area (Å²) in [6.45, 7) is 9.68. The fraction of sp³-hybridized carbons (Fsp3) is 0.481. The van der Waals surface area contributed by atoms with Crippen molar-refractivity contribution >= 4 is 26.8 Å². The molecule has 0 saturated carbocycles. The minimum atomic E-state index is -0.946. The van der Waals surface area contributed by atoms with Crippen LogP contribution in [0, 0.1) is 0 Å². The number of hydrogen-bond donors (Lipinski definition) is 3. The van der Waals surface area contributed by atoms with Gasteiger partial charge in [-0.15, -0.1) is 0 Å². The summed E-state index contributed by atoms with van der Waals surface area (Å²) in [5.74, 6) is 0. The number of H-pyrrole nitrogens is 1. The molecular formula is C27H35BrN4O3. The van der Waals surface area contributed by atoms with Crippen LogP contribution in [0.15, 0.2) is 46.9 Å². The molecule has 2 atom stereocenters. The van der Waals surface area contributed by atoms with E-state index in [9.17, 15) is 5.11 Å². The van der Waals surface area contributed by atoms with Crippen LogP contribution in [0.4, 0.5) is 0 Å². The molecule has 5 rings (SSSR count). The Kier molecular flexibility index (Phi) is 8.19. The summed E-state index contributed by atoms with van der Waals surface area (Å²) in [7, 11) is 0. The van der Waals surface area contributed by atoms with Crippen molar-refractivity contribution in [3.63, 3.8) is 0 Å². The fourth-order valence-corrected chi connectivity index (χ4v) is 5.59. The molecule has 35 heavy (non-hydrogen) atoms. The Bertz CT molecular complexity index is 1110. The molecule has 0 aliphatic carbocycles. The number of aliphatic hydroxyl groups is 1. The van der Waals surface area contributed by atoms with Gasteiger partial charge in [-0.3, -0.25) is 4.90 Å². The highest BCUT2D eigenvalue weighted by molar-refractivity contribution is 9.10. The first-order chi connectivity index (χ1) is 17.1. The number of hydrogen-bond acceptors (Lipinski definition) is 6. The van der Waals surface area contributed by atoms with Crippen molar-refractivity contribution in [1.82, 2.24) is 20.1 Å². The van der Waals surface area contributed by atoms with Gasteiger partial charge in [-0.25, -0.2) is 4.90 Å². The van der Waals surface area contributed by atoms with Gasteiger partial charge >= 0.3 is 0 Å². The molecule has 1 fully saturated rings. The molecule has 3 heterocycles. The molecule has 2 aliphatic rings. The van der Waals surface area contributed by atoms with Crippen LogP contribution in [0.2, 0.25) is 0 Å². The van der Waals surface area contributed by atoms with Gasteiger partial charge in [-0.05, 0) is 48.2 Å². The average Bonchev–Trinajstić information content (AvgIpc) is 3.25. The van der Waals surface area contributed by atoms with Crippen molar-refractivity contribution in [2.24, 2.45) is 0 Å². The molecular weight excluding hydrogens is 508 g/mol. The lowest BCUT2D eigenvalue weighted by Crippen LogP contribution is -2.44. The lowest BCUT2D eigenvalue weighted by Gasteiger charge is -2.38. The van der Waals surface area contributed by atoms with Gasteiger partial charge in [0.15, 0.2) is 0 Å². The first kappa shape index (κ1) is 24.9. The maximum atomic E-state index is 10.8. The van der Waals surface area contributed by atoms with Crippen molar-refractivity contribution in [2.45, 2.75) is 32.3 Å². The average molecular weight is 544 g/mol. The summed E-state index contributed by atoms with van der Waals surface area (Å²) in [4.78, 5) is 8.14. The second-order valence-corrected chi connectivity index (χ2v) is 10.2. The molecule has 188 valence electrons. The highest BCUT2D eigenvalue weighted by Crippen LogP contribution is 2.40. The number of nitrogens with one attached hydrogen (secondary N) is 2. The Labute approximate surface area is 215 Å². The summed E-state index contributed by atoms with van der Waals surface area (Å²) >= 11 is 3.62. The third kappa shape index (κ3) is 5.64. The van der Waals surface area contributed by atoms with Crippen LogP contribution in [0.3, 0.4) is 0 Å². The number of fused-ring (bicyclic) bond motifs is 3. The molecule has 2 unspecified atom stereocenters. The normalized spacial score (nSPS) is 20.3. The van der Waals surface area contributed by atoms with Crippen molar-refractivity contribution in [2.75, 3.05) is 52.5 Å². The minimum Gasteiger partial charge on any atom is -0.379 e. The van der Waals surface area contributed by atoms with Gasteiger partial charge in [-0.1, -0.05) is 40.2 Å². The van der Waals surface area contributed by atoms with E-state index in [0.29, 0.717) is 6.61 Å². The van der Waals surface area contributed by atoms with E-state index in [1.165, 1.54) is 16.5 Å². The van der Waals surface area contributed by atoms with Gasteiger partial charge in [0, 0.05) is 66.9 Å². The molecule has 0 spiro atoms. The van der Waals surface area contributed by atoms with Crippen molar-refractivity contribution in [3.8, 4) is 0 Å². The Morgan fingerprint density at radius 3 is 2.74 bits per heavy atom. The van der Waals surface area contributed by atoms with Crippen molar-refractivity contribution < 1.29 is 14.6 Å².